The summed E-state index contributed by atoms with van der Waals surface area (Å²) in [6, 6.07) is -0.557. The maximum absolute atomic E-state index is 9.70. The van der Waals surface area contributed by atoms with E-state index >= 15 is 0 Å². The van der Waals surface area contributed by atoms with Crippen LogP contribution in [0.2, 0.25) is 0 Å². The monoisotopic (exact) mass is 402 g/mol. The summed E-state index contributed by atoms with van der Waals surface area (Å²) in [4.78, 5) is 9.70. The number of hydrogen-bond donors (Lipinski definition) is 5. The molecule has 0 radical (unpaired) electrons. The lowest BCUT2D eigenvalue weighted by Gasteiger charge is -2.11. The standard InChI is InChI=1S/C18H37NO2.C4H9NO2/c1-2-3-4-5-6-7-8-9-10-11-12-13-14-15-18(21)17(19)16-20;5-3-1-2-4(6)7/h14-15,17-18,20-21H,2-13,16,19H2,1H3;1-3,5H2,(H,6,7)/b15-14+;/t17-,18+;/m0./s1. The maximum Gasteiger partial charge on any atom is 0.303 e. The molecule has 7 N–H and O–H groups in total. The van der Waals surface area contributed by atoms with E-state index in [-0.39, 0.29) is 13.0 Å². The molecule has 0 amide bonds. The molecule has 0 aliphatic rings. The molecule has 0 heterocycles. The number of allylic oxidation sites excluding steroid dienone is 1. The summed E-state index contributed by atoms with van der Waals surface area (Å²) in [5.74, 6) is -0.773. The highest BCUT2D eigenvalue weighted by atomic mass is 16.4. The van der Waals surface area contributed by atoms with Crippen molar-refractivity contribution < 1.29 is 20.1 Å². The minimum Gasteiger partial charge on any atom is -0.481 e. The number of carboxylic acid groups (broad SMARTS) is 1. The molecule has 0 saturated heterocycles. The first kappa shape index (κ1) is 29.3. The summed E-state index contributed by atoms with van der Waals surface area (Å²) in [5.41, 5.74) is 10.5. The van der Waals surface area contributed by atoms with E-state index in [2.05, 4.69) is 6.92 Å². The molecule has 0 bridgehead atoms. The van der Waals surface area contributed by atoms with Crippen LogP contribution in [0.3, 0.4) is 0 Å². The first-order valence-electron chi connectivity index (χ1n) is 11.1. The summed E-state index contributed by atoms with van der Waals surface area (Å²) in [6.45, 7) is 2.55. The lowest BCUT2D eigenvalue weighted by atomic mass is 10.0. The smallest absolute Gasteiger partial charge is 0.303 e. The Bertz CT molecular complexity index is 351. The van der Waals surface area contributed by atoms with E-state index in [4.69, 9.17) is 21.7 Å². The van der Waals surface area contributed by atoms with E-state index in [9.17, 15) is 9.90 Å². The van der Waals surface area contributed by atoms with E-state index in [1.54, 1.807) is 6.08 Å². The Morgan fingerprint density at radius 1 is 0.929 bits per heavy atom. The number of nitrogens with two attached hydrogens (primary N) is 2. The molecule has 6 nitrogen and oxygen atoms in total. The predicted octanol–water partition coefficient (Wildman–Crippen LogP) is 3.73. The fraction of sp³-hybridized carbons (Fsp3) is 0.864. The number of carbonyl (C=O) groups is 1. The Kier molecular flexibility index (Phi) is 25.2. The van der Waals surface area contributed by atoms with E-state index in [1.807, 2.05) is 6.08 Å². The second-order valence-electron chi connectivity index (χ2n) is 7.38. The van der Waals surface area contributed by atoms with Crippen LogP contribution in [0, 0.1) is 0 Å². The van der Waals surface area contributed by atoms with E-state index in [0.29, 0.717) is 13.0 Å². The molecular formula is C22H46N2O4. The van der Waals surface area contributed by atoms with Gasteiger partial charge in [0.15, 0.2) is 0 Å². The van der Waals surface area contributed by atoms with Crippen LogP contribution in [0.25, 0.3) is 0 Å². The first-order chi connectivity index (χ1) is 13.5. The third-order valence-corrected chi connectivity index (χ3v) is 4.55. The van der Waals surface area contributed by atoms with Gasteiger partial charge in [-0.1, -0.05) is 83.3 Å². The van der Waals surface area contributed by atoms with Crippen molar-refractivity contribution in [2.24, 2.45) is 11.5 Å². The molecule has 0 aromatic rings. The zero-order chi connectivity index (χ0) is 21.5. The van der Waals surface area contributed by atoms with Gasteiger partial charge in [-0.05, 0) is 25.8 Å². The average Bonchev–Trinajstić information content (AvgIpc) is 2.69. The normalized spacial score (nSPS) is 13.2. The summed E-state index contributed by atoms with van der Waals surface area (Å²) >= 11 is 0. The molecular weight excluding hydrogens is 356 g/mol. The molecule has 0 aromatic heterocycles. The number of hydrogen-bond acceptors (Lipinski definition) is 5. The summed E-state index contributed by atoms with van der Waals surface area (Å²) in [6.07, 6.45) is 19.6. The van der Waals surface area contributed by atoms with Crippen molar-refractivity contribution in [2.75, 3.05) is 13.2 Å². The molecule has 0 unspecified atom stereocenters. The quantitative estimate of drug-likeness (QED) is 0.175. The van der Waals surface area contributed by atoms with Crippen LogP contribution in [-0.2, 0) is 4.79 Å². The van der Waals surface area contributed by atoms with Crippen LogP contribution < -0.4 is 11.5 Å². The Hall–Kier alpha value is -0.950. The van der Waals surface area contributed by atoms with Gasteiger partial charge in [-0.25, -0.2) is 0 Å². The van der Waals surface area contributed by atoms with Gasteiger partial charge >= 0.3 is 5.97 Å². The molecule has 0 fully saturated rings. The third-order valence-electron chi connectivity index (χ3n) is 4.55. The van der Waals surface area contributed by atoms with Crippen molar-refractivity contribution in [1.29, 1.82) is 0 Å². The van der Waals surface area contributed by atoms with Gasteiger partial charge in [0, 0.05) is 6.42 Å². The van der Waals surface area contributed by atoms with Crippen molar-refractivity contribution in [2.45, 2.75) is 109 Å². The highest BCUT2D eigenvalue weighted by molar-refractivity contribution is 5.66. The van der Waals surface area contributed by atoms with Crippen LogP contribution in [-0.4, -0.2) is 46.6 Å². The second-order valence-corrected chi connectivity index (χ2v) is 7.38. The Balaban J connectivity index is 0. The second kappa shape index (κ2) is 24.1. The molecule has 168 valence electrons. The topological polar surface area (TPSA) is 130 Å². The molecule has 0 rings (SSSR count). The Morgan fingerprint density at radius 3 is 1.82 bits per heavy atom. The number of aliphatic hydroxyl groups excluding tert-OH is 2. The highest BCUT2D eigenvalue weighted by Gasteiger charge is 2.08. The highest BCUT2D eigenvalue weighted by Crippen LogP contribution is 2.12. The van der Waals surface area contributed by atoms with Gasteiger partial charge in [-0.3, -0.25) is 4.79 Å². The van der Waals surface area contributed by atoms with Crippen molar-refractivity contribution >= 4 is 5.97 Å². The van der Waals surface area contributed by atoms with Crippen LogP contribution >= 0.6 is 0 Å². The predicted molar refractivity (Wildman–Crippen MR) is 117 cm³/mol. The average molecular weight is 403 g/mol. The zero-order valence-electron chi connectivity index (χ0n) is 18.0. The molecule has 0 aromatic carbocycles. The Labute approximate surface area is 172 Å². The van der Waals surface area contributed by atoms with Gasteiger partial charge in [0.2, 0.25) is 0 Å². The number of carboxylic acids is 1. The van der Waals surface area contributed by atoms with E-state index in [0.717, 1.165) is 6.42 Å². The van der Waals surface area contributed by atoms with Crippen LogP contribution in [0.15, 0.2) is 12.2 Å². The fourth-order valence-electron chi connectivity index (χ4n) is 2.67. The summed E-state index contributed by atoms with van der Waals surface area (Å²) in [5, 5.41) is 26.3. The van der Waals surface area contributed by atoms with E-state index in [1.165, 1.54) is 70.6 Å². The molecule has 6 heteroatoms. The summed E-state index contributed by atoms with van der Waals surface area (Å²) < 4.78 is 0. The first-order valence-corrected chi connectivity index (χ1v) is 11.1. The fourth-order valence-corrected chi connectivity index (χ4v) is 2.67. The minimum atomic E-state index is -0.773. The Morgan fingerprint density at radius 2 is 1.43 bits per heavy atom. The van der Waals surface area contributed by atoms with Gasteiger partial charge in [0.1, 0.15) is 0 Å². The lowest BCUT2D eigenvalue weighted by Crippen LogP contribution is -2.36. The van der Waals surface area contributed by atoms with Crippen LogP contribution in [0.5, 0.6) is 0 Å². The van der Waals surface area contributed by atoms with Crippen molar-refractivity contribution in [3.05, 3.63) is 12.2 Å². The van der Waals surface area contributed by atoms with Gasteiger partial charge < -0.3 is 26.8 Å². The van der Waals surface area contributed by atoms with Crippen molar-refractivity contribution in [1.82, 2.24) is 0 Å². The molecule has 0 saturated carbocycles. The molecule has 28 heavy (non-hydrogen) atoms. The zero-order valence-corrected chi connectivity index (χ0v) is 18.0. The van der Waals surface area contributed by atoms with Crippen molar-refractivity contribution in [3.63, 3.8) is 0 Å². The summed E-state index contributed by atoms with van der Waals surface area (Å²) in [7, 11) is 0. The molecule has 0 aliphatic heterocycles. The lowest BCUT2D eigenvalue weighted by molar-refractivity contribution is -0.137. The number of rotatable bonds is 18. The van der Waals surface area contributed by atoms with Gasteiger partial charge in [-0.2, -0.15) is 0 Å². The van der Waals surface area contributed by atoms with Gasteiger partial charge in [0.25, 0.3) is 0 Å². The van der Waals surface area contributed by atoms with Crippen LogP contribution in [0.1, 0.15) is 96.8 Å². The van der Waals surface area contributed by atoms with Crippen molar-refractivity contribution in [3.8, 4) is 0 Å². The minimum absolute atomic E-state index is 0.177. The van der Waals surface area contributed by atoms with Gasteiger partial charge in [0.05, 0.1) is 18.8 Å². The largest absolute Gasteiger partial charge is 0.481 e. The van der Waals surface area contributed by atoms with Crippen LogP contribution in [0.4, 0.5) is 0 Å². The maximum atomic E-state index is 9.70. The third kappa shape index (κ3) is 25.1. The molecule has 0 aliphatic carbocycles. The molecule has 0 spiro atoms. The number of aliphatic hydroxyl groups is 2. The number of aliphatic carboxylic acids is 1. The van der Waals surface area contributed by atoms with Gasteiger partial charge in [-0.15, -0.1) is 0 Å². The molecule has 2 atom stereocenters. The van der Waals surface area contributed by atoms with E-state index < -0.39 is 18.1 Å². The number of unbranched alkanes of at least 4 members (excludes halogenated alkanes) is 11. The SMILES string of the molecule is CCCCCCCCCCCCC/C=C/[C@@H](O)[C@@H](N)CO.NCCCC(=O)O.